The lowest BCUT2D eigenvalue weighted by molar-refractivity contribution is 0.111. The van der Waals surface area contributed by atoms with E-state index in [0.717, 1.165) is 12.8 Å². The van der Waals surface area contributed by atoms with Gasteiger partial charge in [0.15, 0.2) is 6.29 Å². The van der Waals surface area contributed by atoms with E-state index in [1.54, 1.807) is 4.68 Å². The predicted octanol–water partition coefficient (Wildman–Crippen LogP) is 0.747. The Morgan fingerprint density at radius 3 is 3.00 bits per heavy atom. The zero-order valence-corrected chi connectivity index (χ0v) is 6.69. The zero-order chi connectivity index (χ0) is 8.27. The fourth-order valence-electron chi connectivity index (χ4n) is 0.845. The molecule has 0 aliphatic rings. The number of carbonyl (C=O) groups excluding carboxylic acids is 1. The van der Waals surface area contributed by atoms with Crippen LogP contribution in [0.3, 0.4) is 0 Å². The molecule has 1 heterocycles. The van der Waals surface area contributed by atoms with Gasteiger partial charge in [-0.1, -0.05) is 19.1 Å². The van der Waals surface area contributed by atoms with E-state index in [0.29, 0.717) is 11.6 Å². The molecule has 4 nitrogen and oxygen atoms in total. The monoisotopic (exact) mass is 153 g/mol. The Morgan fingerprint density at radius 2 is 2.45 bits per heavy atom. The number of hydrogen-bond donors (Lipinski definition) is 0. The molecule has 0 bridgehead atoms. The maximum absolute atomic E-state index is 10.4. The Balaban J connectivity index is 2.76. The first kappa shape index (κ1) is 7.91. The highest BCUT2D eigenvalue weighted by molar-refractivity contribution is 5.71. The third-order valence-corrected chi connectivity index (χ3v) is 1.31. The summed E-state index contributed by atoms with van der Waals surface area (Å²) in [4.78, 5) is 10.4. The van der Waals surface area contributed by atoms with Gasteiger partial charge in [-0.3, -0.25) is 4.79 Å². The van der Waals surface area contributed by atoms with Crippen molar-refractivity contribution in [2.75, 3.05) is 0 Å². The molecule has 0 radical (unpaired) electrons. The normalized spacial score (nSPS) is 10.5. The van der Waals surface area contributed by atoms with Crippen LogP contribution in [0.4, 0.5) is 0 Å². The Hall–Kier alpha value is -1.19. The molecule has 0 saturated heterocycles. The number of nitrogens with zero attached hydrogens (tertiary/aromatic N) is 3. The summed E-state index contributed by atoms with van der Waals surface area (Å²) in [5.74, 6) is 0.482. The van der Waals surface area contributed by atoms with E-state index in [2.05, 4.69) is 24.2 Å². The molecule has 0 N–H and O–H groups in total. The van der Waals surface area contributed by atoms with E-state index in [4.69, 9.17) is 0 Å². The second-order valence-corrected chi connectivity index (χ2v) is 2.85. The number of aromatic nitrogens is 3. The molecule has 0 fully saturated rings. The van der Waals surface area contributed by atoms with Gasteiger partial charge in [0.25, 0.3) is 0 Å². The van der Waals surface area contributed by atoms with Crippen molar-refractivity contribution in [3.05, 3.63) is 11.9 Å². The second kappa shape index (κ2) is 3.27. The first-order valence-electron chi connectivity index (χ1n) is 3.57. The number of aldehydes is 1. The van der Waals surface area contributed by atoms with Crippen LogP contribution in [-0.2, 0) is 6.54 Å². The first-order chi connectivity index (χ1) is 5.24. The number of hydrogen-bond acceptors (Lipinski definition) is 3. The highest BCUT2D eigenvalue weighted by Gasteiger charge is 2.02. The highest BCUT2D eigenvalue weighted by Crippen LogP contribution is 1.99. The van der Waals surface area contributed by atoms with Gasteiger partial charge in [-0.15, -0.1) is 5.10 Å². The van der Waals surface area contributed by atoms with Gasteiger partial charge in [0.05, 0.1) is 6.20 Å². The van der Waals surface area contributed by atoms with Gasteiger partial charge in [-0.2, -0.15) is 0 Å². The van der Waals surface area contributed by atoms with Crippen molar-refractivity contribution in [3.63, 3.8) is 0 Å². The molecule has 0 unspecified atom stereocenters. The zero-order valence-electron chi connectivity index (χ0n) is 6.69. The maximum atomic E-state index is 10.4. The molecule has 0 atom stereocenters. The van der Waals surface area contributed by atoms with Crippen LogP contribution in [0, 0.1) is 5.92 Å². The molecule has 0 spiro atoms. The van der Waals surface area contributed by atoms with E-state index in [-0.39, 0.29) is 0 Å². The summed E-state index contributed by atoms with van der Waals surface area (Å²) in [5.41, 5.74) is 0.540. The summed E-state index contributed by atoms with van der Waals surface area (Å²) in [6.45, 7) is 4.88. The van der Waals surface area contributed by atoms with Crippen molar-refractivity contribution in [2.45, 2.75) is 20.4 Å². The van der Waals surface area contributed by atoms with Crippen molar-refractivity contribution in [1.82, 2.24) is 15.0 Å². The fraction of sp³-hybridized carbons (Fsp3) is 0.571. The molecule has 0 aliphatic carbocycles. The fourth-order valence-corrected chi connectivity index (χ4v) is 0.845. The minimum atomic E-state index is 0.482. The van der Waals surface area contributed by atoms with Gasteiger partial charge in [0.2, 0.25) is 0 Å². The molecule has 0 saturated carbocycles. The van der Waals surface area contributed by atoms with E-state index < -0.39 is 0 Å². The summed E-state index contributed by atoms with van der Waals surface area (Å²) >= 11 is 0. The van der Waals surface area contributed by atoms with Crippen LogP contribution >= 0.6 is 0 Å². The Kier molecular flexibility index (Phi) is 2.36. The van der Waals surface area contributed by atoms with Crippen molar-refractivity contribution in [2.24, 2.45) is 5.92 Å². The lowest BCUT2D eigenvalue weighted by atomic mass is 10.2. The van der Waals surface area contributed by atoms with Crippen LogP contribution in [0.25, 0.3) is 0 Å². The summed E-state index contributed by atoms with van der Waals surface area (Å²) in [5, 5.41) is 7.39. The average Bonchev–Trinajstić information content (AvgIpc) is 2.34. The molecule has 60 valence electrons. The number of carbonyl (C=O) groups is 1. The molecule has 1 rings (SSSR count). The number of rotatable bonds is 3. The molecule has 11 heavy (non-hydrogen) atoms. The molecule has 1 aromatic heterocycles. The molecule has 0 aliphatic heterocycles. The summed E-state index contributed by atoms with van der Waals surface area (Å²) in [7, 11) is 0. The molecular weight excluding hydrogens is 142 g/mol. The van der Waals surface area contributed by atoms with Crippen molar-refractivity contribution >= 4 is 6.29 Å². The third kappa shape index (κ3) is 1.86. The minimum absolute atomic E-state index is 0.482. The van der Waals surface area contributed by atoms with Gasteiger partial charge in [-0.05, 0) is 5.92 Å². The minimum Gasteiger partial charge on any atom is -0.296 e. The van der Waals surface area contributed by atoms with E-state index in [1.807, 2.05) is 0 Å². The standard InChI is InChI=1S/C7H11N3O/c1-6(2)4-10-7(5-11)3-8-9-10/h3,5-6H,4H2,1-2H3. The lowest BCUT2D eigenvalue weighted by Gasteiger charge is -2.03. The molecular formula is C7H11N3O. The van der Waals surface area contributed by atoms with Crippen LogP contribution in [0.15, 0.2) is 6.20 Å². The van der Waals surface area contributed by atoms with Gasteiger partial charge in [0.1, 0.15) is 5.69 Å². The molecule has 0 aromatic carbocycles. The largest absolute Gasteiger partial charge is 0.296 e. The SMILES string of the molecule is CC(C)Cn1nncc1C=O. The summed E-state index contributed by atoms with van der Waals surface area (Å²) < 4.78 is 1.61. The Morgan fingerprint density at radius 1 is 1.73 bits per heavy atom. The first-order valence-corrected chi connectivity index (χ1v) is 3.57. The molecule has 1 aromatic rings. The van der Waals surface area contributed by atoms with Crippen LogP contribution in [0.1, 0.15) is 24.3 Å². The van der Waals surface area contributed by atoms with E-state index >= 15 is 0 Å². The van der Waals surface area contributed by atoms with Crippen molar-refractivity contribution < 1.29 is 4.79 Å². The molecule has 4 heteroatoms. The van der Waals surface area contributed by atoms with E-state index in [9.17, 15) is 4.79 Å². The van der Waals surface area contributed by atoms with Crippen molar-refractivity contribution in [3.8, 4) is 0 Å². The third-order valence-electron chi connectivity index (χ3n) is 1.31. The Labute approximate surface area is 65.2 Å². The predicted molar refractivity (Wildman–Crippen MR) is 40.2 cm³/mol. The van der Waals surface area contributed by atoms with E-state index in [1.165, 1.54) is 6.20 Å². The van der Waals surface area contributed by atoms with Crippen LogP contribution in [0.5, 0.6) is 0 Å². The smallest absolute Gasteiger partial charge is 0.169 e. The van der Waals surface area contributed by atoms with Crippen LogP contribution in [0.2, 0.25) is 0 Å². The van der Waals surface area contributed by atoms with Gasteiger partial charge in [-0.25, -0.2) is 4.68 Å². The topological polar surface area (TPSA) is 47.8 Å². The molecule has 0 amide bonds. The summed E-state index contributed by atoms with van der Waals surface area (Å²) in [6, 6.07) is 0. The van der Waals surface area contributed by atoms with Crippen molar-refractivity contribution in [1.29, 1.82) is 0 Å². The van der Waals surface area contributed by atoms with Gasteiger partial charge >= 0.3 is 0 Å². The van der Waals surface area contributed by atoms with Gasteiger partial charge in [0, 0.05) is 6.54 Å². The lowest BCUT2D eigenvalue weighted by Crippen LogP contribution is -2.09. The van der Waals surface area contributed by atoms with Crippen LogP contribution < -0.4 is 0 Å². The average molecular weight is 153 g/mol. The van der Waals surface area contributed by atoms with Crippen LogP contribution in [-0.4, -0.2) is 21.3 Å². The quantitative estimate of drug-likeness (QED) is 0.602. The second-order valence-electron chi connectivity index (χ2n) is 2.85. The summed E-state index contributed by atoms with van der Waals surface area (Å²) in [6.07, 6.45) is 2.23. The van der Waals surface area contributed by atoms with Gasteiger partial charge < -0.3 is 0 Å². The highest BCUT2D eigenvalue weighted by atomic mass is 16.1. The maximum Gasteiger partial charge on any atom is 0.169 e. The Bertz CT molecular complexity index is 242.